The van der Waals surface area contributed by atoms with Gasteiger partial charge in [-0.3, -0.25) is 4.90 Å². The number of methoxy groups -OCH3 is 1. The number of H-pyrrole nitrogens is 1. The summed E-state index contributed by atoms with van der Waals surface area (Å²) in [5.74, 6) is 2.80. The van der Waals surface area contributed by atoms with Crippen LogP contribution in [0.3, 0.4) is 0 Å². The average Bonchev–Trinajstić information content (AvgIpc) is 3.40. The topological polar surface area (TPSA) is 68.2 Å². The molecule has 0 bridgehead atoms. The molecule has 1 aliphatic heterocycles. The van der Waals surface area contributed by atoms with E-state index in [1.165, 1.54) is 0 Å². The van der Waals surface area contributed by atoms with Gasteiger partial charge < -0.3 is 19.0 Å². The molecule has 1 unspecified atom stereocenters. The molecule has 7 nitrogen and oxygen atoms in total. The molecule has 3 heterocycles. The maximum Gasteiger partial charge on any atom is 0.126 e. The lowest BCUT2D eigenvalue weighted by molar-refractivity contribution is -0.0170. The van der Waals surface area contributed by atoms with Crippen LogP contribution in [0.1, 0.15) is 17.7 Å². The standard InChI is InChI=1S/C23H25N5O2/c1-27-20-6-4-3-5-18(20)25-22(27)14-28-11-12-30-15-21(28)23-24-13-19(26-23)16-7-9-17(29-2)10-8-16/h3-10,13,21H,11-12,14-15H2,1-2H3,(H,24,26). The Morgan fingerprint density at radius 3 is 2.80 bits per heavy atom. The van der Waals surface area contributed by atoms with Gasteiger partial charge in [-0.2, -0.15) is 0 Å². The molecule has 30 heavy (non-hydrogen) atoms. The number of rotatable bonds is 5. The van der Waals surface area contributed by atoms with Gasteiger partial charge in [0.2, 0.25) is 0 Å². The number of hydrogen-bond donors (Lipinski definition) is 1. The number of ether oxygens (including phenoxy) is 2. The second-order valence-electron chi connectivity index (χ2n) is 7.55. The van der Waals surface area contributed by atoms with Crippen molar-refractivity contribution in [2.75, 3.05) is 26.9 Å². The van der Waals surface area contributed by atoms with E-state index < -0.39 is 0 Å². The van der Waals surface area contributed by atoms with Gasteiger partial charge in [-0.15, -0.1) is 0 Å². The number of aryl methyl sites for hydroxylation is 1. The first-order chi connectivity index (χ1) is 14.7. The van der Waals surface area contributed by atoms with Crippen molar-refractivity contribution >= 4 is 11.0 Å². The van der Waals surface area contributed by atoms with Gasteiger partial charge in [-0.25, -0.2) is 9.97 Å². The quantitative estimate of drug-likeness (QED) is 0.552. The highest BCUT2D eigenvalue weighted by Gasteiger charge is 2.28. The number of morpholine rings is 1. The van der Waals surface area contributed by atoms with Crippen molar-refractivity contribution in [2.24, 2.45) is 7.05 Å². The molecule has 1 aliphatic rings. The van der Waals surface area contributed by atoms with Crippen molar-refractivity contribution < 1.29 is 9.47 Å². The minimum Gasteiger partial charge on any atom is -0.497 e. The summed E-state index contributed by atoms with van der Waals surface area (Å²) in [6.07, 6.45) is 1.89. The van der Waals surface area contributed by atoms with Crippen molar-refractivity contribution in [1.29, 1.82) is 0 Å². The Kier molecular flexibility index (Phi) is 4.98. The number of aromatic amines is 1. The van der Waals surface area contributed by atoms with Gasteiger partial charge in [-0.05, 0) is 42.0 Å². The van der Waals surface area contributed by atoms with E-state index in [9.17, 15) is 0 Å². The zero-order valence-corrected chi connectivity index (χ0v) is 17.2. The summed E-state index contributed by atoms with van der Waals surface area (Å²) in [7, 11) is 3.75. The van der Waals surface area contributed by atoms with Crippen LogP contribution in [-0.2, 0) is 18.3 Å². The SMILES string of the molecule is COc1ccc(-c2cnc(C3COCCN3Cc3nc4ccccc4n3C)[nH]2)cc1. The molecule has 7 heteroatoms. The largest absolute Gasteiger partial charge is 0.497 e. The summed E-state index contributed by atoms with van der Waals surface area (Å²) in [6.45, 7) is 2.91. The highest BCUT2D eigenvalue weighted by atomic mass is 16.5. The third-order valence-corrected chi connectivity index (χ3v) is 5.78. The summed E-state index contributed by atoms with van der Waals surface area (Å²) >= 11 is 0. The molecule has 1 fully saturated rings. The minimum atomic E-state index is 0.0607. The first-order valence-corrected chi connectivity index (χ1v) is 10.1. The first kappa shape index (κ1) is 18.8. The number of para-hydroxylation sites is 2. The van der Waals surface area contributed by atoms with E-state index in [-0.39, 0.29) is 6.04 Å². The lowest BCUT2D eigenvalue weighted by Crippen LogP contribution is -2.40. The number of benzene rings is 2. The zero-order chi connectivity index (χ0) is 20.5. The predicted molar refractivity (Wildman–Crippen MR) is 115 cm³/mol. The van der Waals surface area contributed by atoms with Crippen molar-refractivity contribution in [3.8, 4) is 17.0 Å². The van der Waals surface area contributed by atoms with Crippen LogP contribution < -0.4 is 4.74 Å². The van der Waals surface area contributed by atoms with Crippen LogP contribution in [0.4, 0.5) is 0 Å². The number of fused-ring (bicyclic) bond motifs is 1. The molecule has 2 aromatic heterocycles. The Balaban J connectivity index is 1.40. The van der Waals surface area contributed by atoms with E-state index in [1.807, 2.05) is 36.5 Å². The van der Waals surface area contributed by atoms with Crippen molar-refractivity contribution in [1.82, 2.24) is 24.4 Å². The molecule has 0 spiro atoms. The van der Waals surface area contributed by atoms with Gasteiger partial charge in [0.25, 0.3) is 0 Å². The van der Waals surface area contributed by atoms with Crippen LogP contribution in [0, 0.1) is 0 Å². The van der Waals surface area contributed by atoms with Gasteiger partial charge in [-0.1, -0.05) is 12.1 Å². The van der Waals surface area contributed by atoms with E-state index in [4.69, 9.17) is 14.5 Å². The number of nitrogens with zero attached hydrogens (tertiary/aromatic N) is 4. The normalized spacial score (nSPS) is 17.5. The zero-order valence-electron chi connectivity index (χ0n) is 17.2. The van der Waals surface area contributed by atoms with Gasteiger partial charge >= 0.3 is 0 Å². The average molecular weight is 403 g/mol. The monoisotopic (exact) mass is 403 g/mol. The van der Waals surface area contributed by atoms with Gasteiger partial charge in [0.05, 0.1) is 55.8 Å². The molecule has 2 aromatic carbocycles. The van der Waals surface area contributed by atoms with Crippen LogP contribution in [0.2, 0.25) is 0 Å². The molecule has 0 saturated carbocycles. The van der Waals surface area contributed by atoms with Crippen LogP contribution in [0.15, 0.2) is 54.7 Å². The molecule has 0 radical (unpaired) electrons. The molecule has 1 saturated heterocycles. The Morgan fingerprint density at radius 2 is 2.00 bits per heavy atom. The number of aromatic nitrogens is 4. The Hall–Kier alpha value is -3.16. The Bertz CT molecular complexity index is 1150. The summed E-state index contributed by atoms with van der Waals surface area (Å²) in [5, 5.41) is 0. The molecule has 4 aromatic rings. The summed E-state index contributed by atoms with van der Waals surface area (Å²) in [4.78, 5) is 15.4. The fourth-order valence-corrected chi connectivity index (χ4v) is 4.02. The van der Waals surface area contributed by atoms with E-state index in [0.29, 0.717) is 13.2 Å². The summed E-state index contributed by atoms with van der Waals surface area (Å²) in [5.41, 5.74) is 4.24. The molecule has 0 aliphatic carbocycles. The lowest BCUT2D eigenvalue weighted by Gasteiger charge is -2.34. The van der Waals surface area contributed by atoms with Crippen LogP contribution in [0.25, 0.3) is 22.3 Å². The fourth-order valence-electron chi connectivity index (χ4n) is 4.02. The molecular formula is C23H25N5O2. The second kappa shape index (κ2) is 7.93. The fraction of sp³-hybridized carbons (Fsp3) is 0.304. The van der Waals surface area contributed by atoms with Crippen molar-refractivity contribution in [2.45, 2.75) is 12.6 Å². The van der Waals surface area contributed by atoms with Crippen LogP contribution in [0.5, 0.6) is 5.75 Å². The maximum absolute atomic E-state index is 5.79. The van der Waals surface area contributed by atoms with Crippen molar-refractivity contribution in [3.05, 3.63) is 66.4 Å². The highest BCUT2D eigenvalue weighted by Crippen LogP contribution is 2.28. The summed E-state index contributed by atoms with van der Waals surface area (Å²) in [6, 6.07) is 16.3. The molecule has 154 valence electrons. The van der Waals surface area contributed by atoms with Gasteiger partial charge in [0.15, 0.2) is 0 Å². The van der Waals surface area contributed by atoms with Gasteiger partial charge in [0.1, 0.15) is 17.4 Å². The van der Waals surface area contributed by atoms with E-state index in [0.717, 1.165) is 52.8 Å². The maximum atomic E-state index is 5.79. The smallest absolute Gasteiger partial charge is 0.126 e. The summed E-state index contributed by atoms with van der Waals surface area (Å²) < 4.78 is 13.2. The first-order valence-electron chi connectivity index (χ1n) is 10.1. The number of nitrogens with one attached hydrogen (secondary N) is 1. The lowest BCUT2D eigenvalue weighted by atomic mass is 10.1. The van der Waals surface area contributed by atoms with E-state index >= 15 is 0 Å². The molecular weight excluding hydrogens is 378 g/mol. The van der Waals surface area contributed by atoms with Crippen LogP contribution in [-0.4, -0.2) is 51.3 Å². The predicted octanol–water partition coefficient (Wildman–Crippen LogP) is 3.55. The number of imidazole rings is 2. The van der Waals surface area contributed by atoms with Gasteiger partial charge in [0, 0.05) is 13.6 Å². The molecule has 0 amide bonds. The van der Waals surface area contributed by atoms with Crippen LogP contribution >= 0.6 is 0 Å². The molecule has 1 atom stereocenters. The third kappa shape index (κ3) is 3.46. The molecule has 1 N–H and O–H groups in total. The highest BCUT2D eigenvalue weighted by molar-refractivity contribution is 5.75. The Labute approximate surface area is 175 Å². The third-order valence-electron chi connectivity index (χ3n) is 5.78. The minimum absolute atomic E-state index is 0.0607. The number of hydrogen-bond acceptors (Lipinski definition) is 5. The van der Waals surface area contributed by atoms with E-state index in [1.54, 1.807) is 7.11 Å². The Morgan fingerprint density at radius 1 is 1.17 bits per heavy atom. The molecule has 5 rings (SSSR count). The van der Waals surface area contributed by atoms with Crippen molar-refractivity contribution in [3.63, 3.8) is 0 Å². The second-order valence-corrected chi connectivity index (χ2v) is 7.55. The van der Waals surface area contributed by atoms with E-state index in [2.05, 4.69) is 44.7 Å².